The Morgan fingerprint density at radius 3 is 2.25 bits per heavy atom. The van der Waals surface area contributed by atoms with Crippen molar-refractivity contribution in [3.63, 3.8) is 0 Å². The summed E-state index contributed by atoms with van der Waals surface area (Å²) in [6.45, 7) is 6.88. The third kappa shape index (κ3) is 7.34. The number of halogens is 3. The number of hydrogen-bond donors (Lipinski definition) is 2. The molecule has 3 heterocycles. The lowest BCUT2D eigenvalue weighted by atomic mass is 10.0. The van der Waals surface area contributed by atoms with E-state index in [0.29, 0.717) is 39.7 Å². The van der Waals surface area contributed by atoms with Gasteiger partial charge in [-0.3, -0.25) is 0 Å². The molecule has 0 amide bonds. The van der Waals surface area contributed by atoms with Crippen LogP contribution in [-0.4, -0.2) is 52.1 Å². The molecule has 0 aliphatic carbocycles. The highest BCUT2D eigenvalue weighted by Gasteiger charge is 2.35. The summed E-state index contributed by atoms with van der Waals surface area (Å²) in [5, 5.41) is 9.70. The first kappa shape index (κ1) is 32.0. The number of allylic oxidation sites excluding steroid dienone is 3. The molecule has 4 aromatic rings. The molecule has 0 fully saturated rings. The van der Waals surface area contributed by atoms with E-state index in [4.69, 9.17) is 35.9 Å². The number of ether oxygens (including phenoxy) is 3. The highest BCUT2D eigenvalue weighted by atomic mass is 32.1. The normalized spacial score (nSPS) is 12.5. The number of aromatic nitrogens is 5. The molecule has 0 spiro atoms. The zero-order valence-corrected chi connectivity index (χ0v) is 25.8. The molecule has 0 saturated heterocycles. The quantitative estimate of drug-likeness (QED) is 0.0858. The summed E-state index contributed by atoms with van der Waals surface area (Å²) in [6.07, 6.45) is -1.39. The number of amidine groups is 1. The molecule has 0 saturated carbocycles. The van der Waals surface area contributed by atoms with Crippen LogP contribution in [0.5, 0.6) is 17.4 Å². The lowest BCUT2D eigenvalue weighted by Crippen LogP contribution is -2.12. The van der Waals surface area contributed by atoms with E-state index in [1.165, 1.54) is 34.4 Å². The number of aryl methyl sites for hydroxylation is 1. The van der Waals surface area contributed by atoms with Gasteiger partial charge in [-0.15, -0.1) is 0 Å². The van der Waals surface area contributed by atoms with E-state index in [9.17, 15) is 13.2 Å². The van der Waals surface area contributed by atoms with Crippen LogP contribution in [0.3, 0.4) is 0 Å². The number of anilines is 1. The van der Waals surface area contributed by atoms with E-state index in [0.717, 1.165) is 16.3 Å². The van der Waals surface area contributed by atoms with Crippen molar-refractivity contribution in [2.75, 3.05) is 26.6 Å². The average Bonchev–Trinajstić information content (AvgIpc) is 3.59. The lowest BCUT2D eigenvalue weighted by Gasteiger charge is -2.16. The molecular formula is C29H30F3N7O4S. The van der Waals surface area contributed by atoms with Crippen molar-refractivity contribution in [3.8, 4) is 28.8 Å². The fraction of sp³-hybridized carbons (Fsp3) is 0.276. The number of nitrogens with one attached hydrogen (secondary N) is 2. The van der Waals surface area contributed by atoms with Gasteiger partial charge in [0, 0.05) is 46.9 Å². The van der Waals surface area contributed by atoms with Crippen LogP contribution in [0, 0.1) is 11.8 Å². The van der Waals surface area contributed by atoms with Crippen LogP contribution in [0.25, 0.3) is 22.8 Å². The molecule has 15 heteroatoms. The number of aliphatic imine (C=N–C) groups is 1. The van der Waals surface area contributed by atoms with Crippen LogP contribution in [0.2, 0.25) is 0 Å². The lowest BCUT2D eigenvalue weighted by molar-refractivity contribution is -0.141. The van der Waals surface area contributed by atoms with E-state index < -0.39 is 11.9 Å². The topological polar surface area (TPSA) is 125 Å². The first-order valence-electron chi connectivity index (χ1n) is 13.0. The molecule has 0 atom stereocenters. The molecule has 232 valence electrons. The zero-order valence-electron chi connectivity index (χ0n) is 25.0. The van der Waals surface area contributed by atoms with E-state index in [2.05, 4.69) is 25.5 Å². The van der Waals surface area contributed by atoms with Crippen LogP contribution in [-0.2, 0) is 6.18 Å². The minimum absolute atomic E-state index is 0.0273. The number of alkyl halides is 3. The molecule has 4 rings (SSSR count). The molecule has 0 aliphatic heterocycles. The van der Waals surface area contributed by atoms with Crippen molar-refractivity contribution >= 4 is 35.1 Å². The van der Waals surface area contributed by atoms with Crippen molar-refractivity contribution in [1.82, 2.24) is 24.9 Å². The standard InChI is InChI=1S/C29H30F3N7O4S/c1-15(2)8-22(18-10-23(27(42-7)33-14-18)25-36-28(44)43-38-25)26(39-16(3)9-24(37-39)29(30,31)32)35-17(4)34-19-11-20(40-5)13-21(12-19)41-6/h8-14H,1-7H3,(H,34,35)(H,36,38,44)/b26-22-. The van der Waals surface area contributed by atoms with Crippen molar-refractivity contribution in [2.24, 2.45) is 4.99 Å². The Labute approximate surface area is 256 Å². The molecular weight excluding hydrogens is 599 g/mol. The maximum Gasteiger partial charge on any atom is 0.435 e. The first-order chi connectivity index (χ1) is 20.8. The van der Waals surface area contributed by atoms with Gasteiger partial charge < -0.3 is 24.1 Å². The van der Waals surface area contributed by atoms with Gasteiger partial charge in [-0.25, -0.2) is 19.8 Å². The Bertz CT molecular complexity index is 1790. The van der Waals surface area contributed by atoms with Crippen LogP contribution in [0.1, 0.15) is 37.7 Å². The van der Waals surface area contributed by atoms with Crippen molar-refractivity contribution in [1.29, 1.82) is 0 Å². The summed E-state index contributed by atoms with van der Waals surface area (Å²) < 4.78 is 63.7. The number of hydrogen-bond acceptors (Lipinski definition) is 9. The SMILES string of the molecule is COc1cc(N/C(C)=N/C(=C(\C=C(C)C)c2cnc(OC)c(-c3nc(=S)o[nH]3)c2)n2nc(C(F)(F)F)cc2C)cc(OC)c1. The second-order valence-electron chi connectivity index (χ2n) is 9.67. The summed E-state index contributed by atoms with van der Waals surface area (Å²) in [4.78, 5) is 13.3. The summed E-state index contributed by atoms with van der Waals surface area (Å²) in [6, 6.07) is 7.81. The van der Waals surface area contributed by atoms with Gasteiger partial charge in [0.05, 0.1) is 26.9 Å². The van der Waals surface area contributed by atoms with E-state index in [1.54, 1.807) is 37.3 Å². The van der Waals surface area contributed by atoms with Gasteiger partial charge in [0.15, 0.2) is 17.3 Å². The number of H-pyrrole nitrogens is 1. The number of methoxy groups -OCH3 is 3. The Kier molecular flexibility index (Phi) is 9.57. The predicted octanol–water partition coefficient (Wildman–Crippen LogP) is 7.17. The first-order valence-corrected chi connectivity index (χ1v) is 13.4. The largest absolute Gasteiger partial charge is 0.497 e. The van der Waals surface area contributed by atoms with E-state index in [-0.39, 0.29) is 28.1 Å². The third-order valence-electron chi connectivity index (χ3n) is 6.05. The summed E-state index contributed by atoms with van der Waals surface area (Å²) in [7, 11) is 4.49. The number of pyridine rings is 1. The fourth-order valence-electron chi connectivity index (χ4n) is 4.17. The predicted molar refractivity (Wildman–Crippen MR) is 162 cm³/mol. The smallest absolute Gasteiger partial charge is 0.435 e. The molecule has 0 radical (unpaired) electrons. The van der Waals surface area contributed by atoms with Crippen molar-refractivity contribution in [2.45, 2.75) is 33.9 Å². The average molecular weight is 630 g/mol. The third-order valence-corrected chi connectivity index (χ3v) is 6.23. The molecule has 2 N–H and O–H groups in total. The summed E-state index contributed by atoms with van der Waals surface area (Å²) in [5.74, 6) is 1.95. The maximum absolute atomic E-state index is 13.8. The molecule has 1 aromatic carbocycles. The Hall–Kier alpha value is -4.92. The Morgan fingerprint density at radius 1 is 1.05 bits per heavy atom. The molecule has 0 bridgehead atoms. The summed E-state index contributed by atoms with van der Waals surface area (Å²) in [5.41, 5.74) is 1.83. The van der Waals surface area contributed by atoms with Gasteiger partial charge in [-0.1, -0.05) is 11.6 Å². The molecule has 0 unspecified atom stereocenters. The van der Waals surface area contributed by atoms with Gasteiger partial charge >= 0.3 is 11.0 Å². The molecule has 11 nitrogen and oxygen atoms in total. The second kappa shape index (κ2) is 13.2. The number of rotatable bonds is 9. The van der Waals surface area contributed by atoms with Crippen LogP contribution in [0.15, 0.2) is 57.7 Å². The van der Waals surface area contributed by atoms with Gasteiger partial charge in [0.1, 0.15) is 17.3 Å². The summed E-state index contributed by atoms with van der Waals surface area (Å²) >= 11 is 5.01. The highest BCUT2D eigenvalue weighted by molar-refractivity contribution is 7.71. The number of nitrogens with zero attached hydrogens (tertiary/aromatic N) is 5. The van der Waals surface area contributed by atoms with Gasteiger partial charge in [0.25, 0.3) is 0 Å². The van der Waals surface area contributed by atoms with Crippen molar-refractivity contribution < 1.29 is 31.9 Å². The second-order valence-corrected chi connectivity index (χ2v) is 10.0. The minimum atomic E-state index is -4.68. The molecule has 44 heavy (non-hydrogen) atoms. The van der Waals surface area contributed by atoms with Crippen LogP contribution >= 0.6 is 12.2 Å². The van der Waals surface area contributed by atoms with Gasteiger partial charge in [-0.05, 0) is 52.0 Å². The zero-order chi connectivity index (χ0) is 32.2. The Morgan fingerprint density at radius 2 is 1.73 bits per heavy atom. The Balaban J connectivity index is 2.00. The highest BCUT2D eigenvalue weighted by Crippen LogP contribution is 2.35. The van der Waals surface area contributed by atoms with Crippen molar-refractivity contribution in [3.05, 3.63) is 70.0 Å². The number of benzene rings is 1. The van der Waals surface area contributed by atoms with E-state index in [1.807, 2.05) is 13.8 Å². The van der Waals surface area contributed by atoms with E-state index >= 15 is 0 Å². The van der Waals surface area contributed by atoms with Crippen LogP contribution in [0.4, 0.5) is 18.9 Å². The fourth-order valence-corrected chi connectivity index (χ4v) is 4.30. The van der Waals surface area contributed by atoms with Gasteiger partial charge in [-0.2, -0.15) is 23.3 Å². The maximum atomic E-state index is 13.8. The molecule has 0 aliphatic rings. The van der Waals surface area contributed by atoms with Crippen LogP contribution < -0.4 is 19.5 Å². The minimum Gasteiger partial charge on any atom is -0.497 e. The molecule has 3 aromatic heterocycles. The van der Waals surface area contributed by atoms with Gasteiger partial charge in [0.2, 0.25) is 5.88 Å². The number of aromatic amines is 1. The monoisotopic (exact) mass is 629 g/mol.